The third kappa shape index (κ3) is 3.03. The van der Waals surface area contributed by atoms with Gasteiger partial charge in [0, 0.05) is 19.2 Å². The van der Waals surface area contributed by atoms with Crippen molar-refractivity contribution in [2.75, 3.05) is 11.4 Å². The first-order valence-electron chi connectivity index (χ1n) is 6.12. The monoisotopic (exact) mass is 306 g/mol. The van der Waals surface area contributed by atoms with Gasteiger partial charge in [-0.05, 0) is 25.1 Å². The second kappa shape index (κ2) is 5.53. The Labute approximate surface area is 122 Å². The van der Waals surface area contributed by atoms with Crippen LogP contribution in [0.1, 0.15) is 5.56 Å². The van der Waals surface area contributed by atoms with Crippen LogP contribution in [0.3, 0.4) is 0 Å². The van der Waals surface area contributed by atoms with Gasteiger partial charge in [0.05, 0.1) is 15.5 Å². The van der Waals surface area contributed by atoms with E-state index in [2.05, 4.69) is 0 Å². The van der Waals surface area contributed by atoms with Gasteiger partial charge in [0.2, 0.25) is 0 Å². The van der Waals surface area contributed by atoms with Gasteiger partial charge in [0.25, 0.3) is 15.7 Å². The molecule has 0 amide bonds. The summed E-state index contributed by atoms with van der Waals surface area (Å²) in [5.41, 5.74) is 1.04. The molecule has 6 nitrogen and oxygen atoms in total. The maximum atomic E-state index is 12.5. The molecule has 0 aliphatic rings. The Hall–Kier alpha value is -2.41. The molecule has 0 fully saturated rings. The molecule has 2 aromatic carbocycles. The Balaban J connectivity index is 2.43. The van der Waals surface area contributed by atoms with Crippen LogP contribution in [-0.4, -0.2) is 20.4 Å². The molecule has 0 saturated carbocycles. The second-order valence-corrected chi connectivity index (χ2v) is 6.53. The van der Waals surface area contributed by atoms with Crippen molar-refractivity contribution in [1.29, 1.82) is 0 Å². The van der Waals surface area contributed by atoms with E-state index in [0.29, 0.717) is 0 Å². The molecular weight excluding hydrogens is 292 g/mol. The highest BCUT2D eigenvalue weighted by atomic mass is 32.2. The minimum absolute atomic E-state index is 0.141. The summed E-state index contributed by atoms with van der Waals surface area (Å²) in [7, 11) is -2.37. The van der Waals surface area contributed by atoms with E-state index in [0.717, 1.165) is 9.87 Å². The van der Waals surface area contributed by atoms with Crippen molar-refractivity contribution in [3.05, 3.63) is 64.2 Å². The molecule has 110 valence electrons. The topological polar surface area (TPSA) is 80.5 Å². The van der Waals surface area contributed by atoms with Crippen LogP contribution >= 0.6 is 0 Å². The molecule has 2 rings (SSSR count). The molecule has 0 atom stereocenters. The largest absolute Gasteiger partial charge is 0.271 e. The van der Waals surface area contributed by atoms with Crippen molar-refractivity contribution in [3.63, 3.8) is 0 Å². The van der Waals surface area contributed by atoms with Gasteiger partial charge in [0.1, 0.15) is 0 Å². The van der Waals surface area contributed by atoms with Crippen molar-refractivity contribution in [2.45, 2.75) is 11.8 Å². The van der Waals surface area contributed by atoms with Gasteiger partial charge < -0.3 is 0 Å². The maximum absolute atomic E-state index is 12.5. The highest BCUT2D eigenvalue weighted by Gasteiger charge is 2.22. The van der Waals surface area contributed by atoms with E-state index in [1.807, 2.05) is 6.92 Å². The van der Waals surface area contributed by atoms with E-state index in [9.17, 15) is 18.5 Å². The molecule has 2 aromatic rings. The average Bonchev–Trinajstić information content (AvgIpc) is 2.47. The first-order valence-corrected chi connectivity index (χ1v) is 7.56. The van der Waals surface area contributed by atoms with Crippen molar-refractivity contribution in [1.82, 2.24) is 0 Å². The first kappa shape index (κ1) is 15.0. The number of nitrogens with zero attached hydrogens (tertiary/aromatic N) is 2. The molecule has 0 N–H and O–H groups in total. The molecule has 0 unspecified atom stereocenters. The number of sulfonamides is 1. The standard InChI is InChI=1S/C14H14N2O4S/c1-11-6-8-14(9-7-11)21(19,20)15(2)12-4-3-5-13(10-12)16(17)18/h3-10H,1-2H3. The third-order valence-corrected chi connectivity index (χ3v) is 4.88. The smallest absolute Gasteiger partial charge is 0.269 e. The number of nitro benzene ring substituents is 1. The van der Waals surface area contributed by atoms with Gasteiger partial charge in [0.15, 0.2) is 0 Å². The zero-order valence-electron chi connectivity index (χ0n) is 11.6. The summed E-state index contributed by atoms with van der Waals surface area (Å²) in [6, 6.07) is 11.9. The molecule has 0 aliphatic carbocycles. The molecule has 0 radical (unpaired) electrons. The van der Waals surface area contributed by atoms with Gasteiger partial charge in [-0.15, -0.1) is 0 Å². The zero-order chi connectivity index (χ0) is 15.6. The fourth-order valence-corrected chi connectivity index (χ4v) is 3.00. The number of hydrogen-bond acceptors (Lipinski definition) is 4. The molecule has 21 heavy (non-hydrogen) atoms. The van der Waals surface area contributed by atoms with Crippen LogP contribution in [0.25, 0.3) is 0 Å². The third-order valence-electron chi connectivity index (χ3n) is 3.08. The lowest BCUT2D eigenvalue weighted by Crippen LogP contribution is -2.26. The number of benzene rings is 2. The predicted octanol–water partition coefficient (Wildman–Crippen LogP) is 2.73. The van der Waals surface area contributed by atoms with Crippen molar-refractivity contribution in [3.8, 4) is 0 Å². The van der Waals surface area contributed by atoms with Crippen LogP contribution in [0.5, 0.6) is 0 Å². The first-order chi connectivity index (χ1) is 9.82. The van der Waals surface area contributed by atoms with Crippen molar-refractivity contribution in [2.24, 2.45) is 0 Å². The molecule has 0 bridgehead atoms. The Morgan fingerprint density at radius 3 is 2.29 bits per heavy atom. The zero-order valence-corrected chi connectivity index (χ0v) is 12.4. The maximum Gasteiger partial charge on any atom is 0.271 e. The van der Waals surface area contributed by atoms with Gasteiger partial charge in [-0.2, -0.15) is 0 Å². The van der Waals surface area contributed by atoms with Gasteiger partial charge in [-0.1, -0.05) is 23.8 Å². The Kier molecular flexibility index (Phi) is 3.95. The number of rotatable bonds is 4. The van der Waals surface area contributed by atoms with E-state index in [1.54, 1.807) is 12.1 Å². The quantitative estimate of drug-likeness (QED) is 0.642. The molecular formula is C14H14N2O4S. The van der Waals surface area contributed by atoms with E-state index >= 15 is 0 Å². The van der Waals surface area contributed by atoms with Crippen LogP contribution in [0.4, 0.5) is 11.4 Å². The Morgan fingerprint density at radius 1 is 1.10 bits per heavy atom. The van der Waals surface area contributed by atoms with E-state index in [-0.39, 0.29) is 16.3 Å². The Morgan fingerprint density at radius 2 is 1.71 bits per heavy atom. The molecule has 7 heteroatoms. The van der Waals surface area contributed by atoms with Crippen LogP contribution in [-0.2, 0) is 10.0 Å². The van der Waals surface area contributed by atoms with Crippen LogP contribution in [0, 0.1) is 17.0 Å². The Bertz CT molecular complexity index is 770. The summed E-state index contributed by atoms with van der Waals surface area (Å²) >= 11 is 0. The number of hydrogen-bond donors (Lipinski definition) is 0. The summed E-state index contributed by atoms with van der Waals surface area (Å²) in [6.07, 6.45) is 0. The van der Waals surface area contributed by atoms with Crippen LogP contribution < -0.4 is 4.31 Å². The summed E-state index contributed by atoms with van der Waals surface area (Å²) < 4.78 is 26.0. The molecule has 0 saturated heterocycles. The van der Waals surface area contributed by atoms with Crippen molar-refractivity contribution < 1.29 is 13.3 Å². The summed E-state index contributed by atoms with van der Waals surface area (Å²) in [5, 5.41) is 10.8. The lowest BCUT2D eigenvalue weighted by molar-refractivity contribution is -0.384. The lowest BCUT2D eigenvalue weighted by Gasteiger charge is -2.19. The number of aryl methyl sites for hydroxylation is 1. The second-order valence-electron chi connectivity index (χ2n) is 4.56. The fourth-order valence-electron chi connectivity index (χ4n) is 1.81. The highest BCUT2D eigenvalue weighted by Crippen LogP contribution is 2.25. The SMILES string of the molecule is Cc1ccc(S(=O)(=O)N(C)c2cccc([N+](=O)[O-])c2)cc1. The van der Waals surface area contributed by atoms with Gasteiger partial charge in [-0.25, -0.2) is 8.42 Å². The van der Waals surface area contributed by atoms with Crippen LogP contribution in [0.2, 0.25) is 0 Å². The number of nitro groups is 1. The molecule has 0 aliphatic heterocycles. The van der Waals surface area contributed by atoms with E-state index < -0.39 is 14.9 Å². The summed E-state index contributed by atoms with van der Waals surface area (Å²) in [6.45, 7) is 1.86. The van der Waals surface area contributed by atoms with E-state index in [1.165, 1.54) is 43.4 Å². The predicted molar refractivity (Wildman–Crippen MR) is 79.9 cm³/mol. The molecule has 0 aromatic heterocycles. The summed E-state index contributed by atoms with van der Waals surface area (Å²) in [4.78, 5) is 10.4. The lowest BCUT2D eigenvalue weighted by atomic mass is 10.2. The normalized spacial score (nSPS) is 11.1. The van der Waals surface area contributed by atoms with Crippen LogP contribution in [0.15, 0.2) is 53.4 Å². The minimum atomic E-state index is -3.74. The highest BCUT2D eigenvalue weighted by molar-refractivity contribution is 7.92. The average molecular weight is 306 g/mol. The van der Waals surface area contributed by atoms with Crippen molar-refractivity contribution >= 4 is 21.4 Å². The molecule has 0 spiro atoms. The van der Waals surface area contributed by atoms with Gasteiger partial charge >= 0.3 is 0 Å². The number of non-ortho nitro benzene ring substituents is 1. The minimum Gasteiger partial charge on any atom is -0.269 e. The fraction of sp³-hybridized carbons (Fsp3) is 0.143. The number of anilines is 1. The van der Waals surface area contributed by atoms with Gasteiger partial charge in [-0.3, -0.25) is 14.4 Å². The summed E-state index contributed by atoms with van der Waals surface area (Å²) in [5.74, 6) is 0. The molecule has 0 heterocycles. The van der Waals surface area contributed by atoms with E-state index in [4.69, 9.17) is 0 Å².